The smallest absolute Gasteiger partial charge is 0.347 e. The molecule has 5 heteroatoms. The summed E-state index contributed by atoms with van der Waals surface area (Å²) in [7, 11) is 1.67. The van der Waals surface area contributed by atoms with Crippen molar-refractivity contribution in [1.82, 2.24) is 4.90 Å². The van der Waals surface area contributed by atoms with E-state index in [-0.39, 0.29) is 0 Å². The van der Waals surface area contributed by atoms with Crippen LogP contribution in [0.15, 0.2) is 30.3 Å². The highest BCUT2D eigenvalue weighted by atomic mass is 16.5. The molecule has 5 nitrogen and oxygen atoms in total. The average molecular weight is 412 g/mol. The van der Waals surface area contributed by atoms with E-state index >= 15 is 0 Å². The molecule has 0 aromatic heterocycles. The minimum Gasteiger partial charge on any atom is -0.496 e. The van der Waals surface area contributed by atoms with Crippen molar-refractivity contribution in [1.29, 1.82) is 0 Å². The van der Waals surface area contributed by atoms with Gasteiger partial charge in [0.15, 0.2) is 0 Å². The molecule has 0 saturated carbocycles. The molecule has 2 aromatic rings. The number of benzene rings is 2. The summed E-state index contributed by atoms with van der Waals surface area (Å²) in [5, 5.41) is 0. The lowest BCUT2D eigenvalue weighted by Crippen LogP contribution is -2.27. The Labute approximate surface area is 179 Å². The van der Waals surface area contributed by atoms with E-state index in [1.54, 1.807) is 19.2 Å². The van der Waals surface area contributed by atoms with Crippen LogP contribution in [0.5, 0.6) is 17.2 Å². The first-order valence-corrected chi connectivity index (χ1v) is 10.9. The van der Waals surface area contributed by atoms with E-state index in [1.165, 1.54) is 0 Å². The Kier molecular flexibility index (Phi) is 7.38. The molecule has 0 spiro atoms. The van der Waals surface area contributed by atoms with Crippen molar-refractivity contribution >= 4 is 5.97 Å². The van der Waals surface area contributed by atoms with Gasteiger partial charge in [-0.1, -0.05) is 38.5 Å². The molecule has 1 aliphatic heterocycles. The number of esters is 1. The van der Waals surface area contributed by atoms with E-state index in [2.05, 4.69) is 25.7 Å². The number of unbranched alkanes of at least 4 members (excludes halogenated alkanes) is 1. The molecule has 0 N–H and O–H groups in total. The number of fused-ring (bicyclic) bond motifs is 1. The molecule has 1 atom stereocenters. The van der Waals surface area contributed by atoms with Crippen LogP contribution in [0.3, 0.4) is 0 Å². The van der Waals surface area contributed by atoms with Crippen LogP contribution in [0, 0.1) is 6.92 Å². The van der Waals surface area contributed by atoms with Gasteiger partial charge in [0.1, 0.15) is 22.8 Å². The summed E-state index contributed by atoms with van der Waals surface area (Å²) in [5.41, 5.74) is 3.41. The van der Waals surface area contributed by atoms with Gasteiger partial charge in [-0.05, 0) is 38.8 Å². The molecule has 0 radical (unpaired) electrons. The van der Waals surface area contributed by atoms with Gasteiger partial charge in [0, 0.05) is 35.8 Å². The van der Waals surface area contributed by atoms with Crippen molar-refractivity contribution in [3.8, 4) is 17.2 Å². The number of hydrogen-bond donors (Lipinski definition) is 0. The molecular weight excluding hydrogens is 378 g/mol. The highest BCUT2D eigenvalue weighted by Crippen LogP contribution is 2.44. The number of ether oxygens (including phenoxy) is 3. The van der Waals surface area contributed by atoms with Crippen molar-refractivity contribution in [2.75, 3.05) is 13.7 Å². The Hall–Kier alpha value is -2.53. The molecule has 1 aliphatic rings. The monoisotopic (exact) mass is 411 g/mol. The lowest BCUT2D eigenvalue weighted by molar-refractivity contribution is 0.0728. The van der Waals surface area contributed by atoms with Gasteiger partial charge >= 0.3 is 5.97 Å². The van der Waals surface area contributed by atoms with Crippen molar-refractivity contribution in [2.24, 2.45) is 0 Å². The number of hydrogen-bond acceptors (Lipinski definition) is 5. The van der Waals surface area contributed by atoms with Gasteiger partial charge in [-0.2, -0.15) is 0 Å². The van der Waals surface area contributed by atoms with Gasteiger partial charge in [0.05, 0.1) is 13.7 Å². The third-order valence-electron chi connectivity index (χ3n) is 5.90. The van der Waals surface area contributed by atoms with E-state index in [1.807, 2.05) is 25.1 Å². The topological polar surface area (TPSA) is 48.0 Å². The van der Waals surface area contributed by atoms with E-state index in [0.29, 0.717) is 29.7 Å². The molecule has 0 amide bonds. The molecule has 0 unspecified atom stereocenters. The minimum atomic E-state index is -0.409. The van der Waals surface area contributed by atoms with Crippen LogP contribution in [0.4, 0.5) is 0 Å². The zero-order chi connectivity index (χ0) is 21.7. The number of rotatable bonds is 9. The highest BCUT2D eigenvalue weighted by molar-refractivity contribution is 5.97. The van der Waals surface area contributed by atoms with E-state index < -0.39 is 5.97 Å². The van der Waals surface area contributed by atoms with Crippen LogP contribution < -0.4 is 14.2 Å². The van der Waals surface area contributed by atoms with Crippen LogP contribution in [-0.2, 0) is 13.1 Å². The molecule has 0 saturated heterocycles. The Morgan fingerprint density at radius 2 is 1.77 bits per heavy atom. The fraction of sp³-hybridized carbons (Fsp3) is 0.480. The molecular formula is C25H33NO4. The van der Waals surface area contributed by atoms with Gasteiger partial charge in [0.25, 0.3) is 0 Å². The third kappa shape index (κ3) is 4.46. The Morgan fingerprint density at radius 3 is 2.37 bits per heavy atom. The predicted molar refractivity (Wildman–Crippen MR) is 119 cm³/mol. The van der Waals surface area contributed by atoms with Crippen LogP contribution in [-0.4, -0.2) is 30.6 Å². The summed E-state index contributed by atoms with van der Waals surface area (Å²) in [5.74, 6) is 1.53. The predicted octanol–water partition coefficient (Wildman–Crippen LogP) is 5.52. The zero-order valence-corrected chi connectivity index (χ0v) is 18.8. The summed E-state index contributed by atoms with van der Waals surface area (Å²) in [6.07, 6.45) is 3.02. The summed E-state index contributed by atoms with van der Waals surface area (Å²) in [4.78, 5) is 15.7. The first-order chi connectivity index (χ1) is 14.5. The third-order valence-corrected chi connectivity index (χ3v) is 5.90. The summed E-state index contributed by atoms with van der Waals surface area (Å²) < 4.78 is 17.7. The molecule has 1 heterocycles. The Bertz CT molecular complexity index is 879. The van der Waals surface area contributed by atoms with Crippen LogP contribution in [0.2, 0.25) is 0 Å². The van der Waals surface area contributed by atoms with E-state index in [0.717, 1.165) is 54.8 Å². The second-order valence-corrected chi connectivity index (χ2v) is 7.89. The number of carbonyl (C=O) groups excluding carboxylic acids is 1. The van der Waals surface area contributed by atoms with E-state index in [4.69, 9.17) is 14.2 Å². The van der Waals surface area contributed by atoms with Gasteiger partial charge in [0.2, 0.25) is 0 Å². The van der Waals surface area contributed by atoms with Crippen molar-refractivity contribution in [3.05, 3.63) is 52.6 Å². The summed E-state index contributed by atoms with van der Waals surface area (Å²) in [6, 6.07) is 9.58. The fourth-order valence-corrected chi connectivity index (χ4v) is 3.95. The number of carbonyl (C=O) groups is 1. The maximum atomic E-state index is 13.3. The van der Waals surface area contributed by atoms with Crippen LogP contribution in [0.25, 0.3) is 0 Å². The fourth-order valence-electron chi connectivity index (χ4n) is 3.95. The maximum Gasteiger partial charge on any atom is 0.347 e. The van der Waals surface area contributed by atoms with Gasteiger partial charge in [-0.25, -0.2) is 4.79 Å². The average Bonchev–Trinajstić information content (AvgIpc) is 3.19. The van der Waals surface area contributed by atoms with Gasteiger partial charge in [-0.15, -0.1) is 0 Å². The largest absolute Gasteiger partial charge is 0.496 e. The van der Waals surface area contributed by atoms with Crippen LogP contribution >= 0.6 is 0 Å². The molecule has 0 aliphatic carbocycles. The Morgan fingerprint density at radius 1 is 1.10 bits per heavy atom. The molecule has 2 aromatic carbocycles. The Balaban J connectivity index is 2.07. The van der Waals surface area contributed by atoms with Crippen molar-refractivity contribution < 1.29 is 19.0 Å². The molecule has 162 valence electrons. The lowest BCUT2D eigenvalue weighted by atomic mass is 9.97. The van der Waals surface area contributed by atoms with Crippen LogP contribution in [0.1, 0.15) is 67.1 Å². The SMILES string of the molecule is CCCCOc1c2c(c(OC)c(C)c1C(=O)Oc1ccccc1)CN([C@H](C)CC)C2. The normalized spacial score (nSPS) is 14.3. The second kappa shape index (κ2) is 9.98. The molecule has 0 fully saturated rings. The molecule has 30 heavy (non-hydrogen) atoms. The highest BCUT2D eigenvalue weighted by Gasteiger charge is 2.34. The maximum absolute atomic E-state index is 13.3. The first-order valence-electron chi connectivity index (χ1n) is 10.9. The standard InChI is InChI=1S/C25H33NO4/c1-6-8-14-29-24-21-16-26(17(3)7-2)15-20(21)23(28-5)18(4)22(24)25(27)30-19-12-10-9-11-13-19/h9-13,17H,6-8,14-16H2,1-5H3/t17-/m1/s1. The lowest BCUT2D eigenvalue weighted by Gasteiger charge is -2.22. The summed E-state index contributed by atoms with van der Waals surface area (Å²) in [6.45, 7) is 10.6. The zero-order valence-electron chi connectivity index (χ0n) is 18.8. The van der Waals surface area contributed by atoms with E-state index in [9.17, 15) is 4.79 Å². The molecule has 0 bridgehead atoms. The minimum absolute atomic E-state index is 0.409. The quantitative estimate of drug-likeness (QED) is 0.309. The first kappa shape index (κ1) is 22.2. The second-order valence-electron chi connectivity index (χ2n) is 7.89. The number of para-hydroxylation sites is 1. The van der Waals surface area contributed by atoms with Gasteiger partial charge < -0.3 is 14.2 Å². The number of nitrogens with zero attached hydrogens (tertiary/aromatic N) is 1. The van der Waals surface area contributed by atoms with Crippen molar-refractivity contribution in [2.45, 2.75) is 66.1 Å². The number of methoxy groups -OCH3 is 1. The molecule has 3 rings (SSSR count). The summed E-state index contributed by atoms with van der Waals surface area (Å²) >= 11 is 0. The van der Waals surface area contributed by atoms with Gasteiger partial charge in [-0.3, -0.25) is 4.90 Å². The van der Waals surface area contributed by atoms with Crippen molar-refractivity contribution in [3.63, 3.8) is 0 Å².